The molecule has 0 fully saturated rings. The number of benzene rings is 1. The number of nitrogens with one attached hydrogen (secondary N) is 1. The number of rotatable bonds is 5. The van der Waals surface area contributed by atoms with E-state index in [1.165, 1.54) is 10.5 Å². The van der Waals surface area contributed by atoms with Crippen LogP contribution in [0.4, 0.5) is 0 Å². The van der Waals surface area contributed by atoms with Crippen LogP contribution in [0.2, 0.25) is 0 Å². The molecule has 1 atom stereocenters. The molecule has 0 amide bonds. The normalized spacial score (nSPS) is 13.1. The highest BCUT2D eigenvalue weighted by molar-refractivity contribution is 7.98. The maximum atomic E-state index is 8.76. The van der Waals surface area contributed by atoms with Crippen LogP contribution in [0, 0.1) is 11.3 Å². The lowest BCUT2D eigenvalue weighted by molar-refractivity contribution is 0.457. The Kier molecular flexibility index (Phi) is 5.04. The largest absolute Gasteiger partial charge is 0.301 e. The highest BCUT2D eigenvalue weighted by atomic mass is 32.2. The Balaban J connectivity index is 2.71. The Morgan fingerprint density at radius 1 is 1.35 bits per heavy atom. The number of nitrogens with zero attached hydrogens (tertiary/aromatic N) is 1. The third-order valence-corrected chi connectivity index (χ3v) is 3.66. The third kappa shape index (κ3) is 4.07. The van der Waals surface area contributed by atoms with Crippen LogP contribution in [0.25, 0.3) is 0 Å². The van der Waals surface area contributed by atoms with Crippen molar-refractivity contribution in [2.24, 2.45) is 0 Å². The Hall–Kier alpha value is -0.980. The summed E-state index contributed by atoms with van der Waals surface area (Å²) in [4.78, 5) is 1.28. The van der Waals surface area contributed by atoms with Crippen molar-refractivity contribution in [3.8, 4) is 6.07 Å². The lowest BCUT2D eigenvalue weighted by Crippen LogP contribution is -2.37. The highest BCUT2D eigenvalue weighted by Gasteiger charge is 2.20. The highest BCUT2D eigenvalue weighted by Crippen LogP contribution is 2.25. The van der Waals surface area contributed by atoms with Crippen LogP contribution < -0.4 is 5.32 Å². The fourth-order valence-corrected chi connectivity index (χ4v) is 2.01. The van der Waals surface area contributed by atoms with E-state index in [0.717, 1.165) is 6.54 Å². The Bertz CT molecular complexity index is 390. The van der Waals surface area contributed by atoms with E-state index >= 15 is 0 Å². The molecule has 0 aromatic heterocycles. The van der Waals surface area contributed by atoms with Gasteiger partial charge in [0.25, 0.3) is 0 Å². The van der Waals surface area contributed by atoms with Crippen LogP contribution in [-0.4, -0.2) is 18.8 Å². The first-order chi connectivity index (χ1) is 7.99. The molecule has 1 aromatic carbocycles. The molecule has 1 N–H and O–H groups in total. The van der Waals surface area contributed by atoms with Crippen LogP contribution in [0.1, 0.15) is 26.3 Å². The molecule has 0 spiro atoms. The number of nitriles is 1. The topological polar surface area (TPSA) is 35.8 Å². The van der Waals surface area contributed by atoms with Crippen molar-refractivity contribution < 1.29 is 0 Å². The average molecular weight is 248 g/mol. The molecule has 0 heterocycles. The number of thioether (sulfide) groups is 1. The standard InChI is InChI=1S/C14H20N2S/c1-11(9-15)16-10-14(2,3)12-5-7-13(17-4)8-6-12/h5-8,11,16H,10H2,1-4H3. The molecule has 3 heteroatoms. The second-order valence-electron chi connectivity index (χ2n) is 4.84. The van der Waals surface area contributed by atoms with Gasteiger partial charge in [0, 0.05) is 16.9 Å². The summed E-state index contributed by atoms with van der Waals surface area (Å²) in [7, 11) is 0. The second kappa shape index (κ2) is 6.09. The Morgan fingerprint density at radius 3 is 2.41 bits per heavy atom. The number of hydrogen-bond acceptors (Lipinski definition) is 3. The minimum Gasteiger partial charge on any atom is -0.301 e. The van der Waals surface area contributed by atoms with Gasteiger partial charge in [-0.2, -0.15) is 5.26 Å². The molecule has 0 aliphatic rings. The van der Waals surface area contributed by atoms with Crippen molar-refractivity contribution in [3.05, 3.63) is 29.8 Å². The van der Waals surface area contributed by atoms with Gasteiger partial charge >= 0.3 is 0 Å². The van der Waals surface area contributed by atoms with Gasteiger partial charge in [-0.15, -0.1) is 11.8 Å². The zero-order chi connectivity index (χ0) is 12.9. The summed E-state index contributed by atoms with van der Waals surface area (Å²) < 4.78 is 0. The molecule has 0 saturated heterocycles. The van der Waals surface area contributed by atoms with E-state index in [1.54, 1.807) is 11.8 Å². The lowest BCUT2D eigenvalue weighted by atomic mass is 9.84. The van der Waals surface area contributed by atoms with Crippen LogP contribution in [0.15, 0.2) is 29.2 Å². The van der Waals surface area contributed by atoms with Crippen molar-refractivity contribution in [1.29, 1.82) is 5.26 Å². The summed E-state index contributed by atoms with van der Waals surface area (Å²) in [5.41, 5.74) is 1.34. The first-order valence-electron chi connectivity index (χ1n) is 5.77. The van der Waals surface area contributed by atoms with Crippen molar-refractivity contribution in [2.45, 2.75) is 37.1 Å². The summed E-state index contributed by atoms with van der Waals surface area (Å²) in [6.07, 6.45) is 2.08. The summed E-state index contributed by atoms with van der Waals surface area (Å²) >= 11 is 1.75. The van der Waals surface area contributed by atoms with Gasteiger partial charge in [-0.3, -0.25) is 0 Å². The first kappa shape index (κ1) is 14.1. The van der Waals surface area contributed by atoms with Crippen molar-refractivity contribution in [3.63, 3.8) is 0 Å². The van der Waals surface area contributed by atoms with Crippen LogP contribution in [-0.2, 0) is 5.41 Å². The van der Waals surface area contributed by atoms with Gasteiger partial charge in [-0.1, -0.05) is 26.0 Å². The SMILES string of the molecule is CSc1ccc(C(C)(C)CNC(C)C#N)cc1. The molecule has 0 aliphatic carbocycles. The van der Waals surface area contributed by atoms with E-state index < -0.39 is 0 Å². The maximum Gasteiger partial charge on any atom is 0.0924 e. The van der Waals surface area contributed by atoms with E-state index in [9.17, 15) is 0 Å². The molecule has 0 radical (unpaired) electrons. The molecule has 0 saturated carbocycles. The van der Waals surface area contributed by atoms with E-state index in [0.29, 0.717) is 0 Å². The minimum absolute atomic E-state index is 0.0437. The predicted octanol–water partition coefficient (Wildman–Crippen LogP) is 3.19. The van der Waals surface area contributed by atoms with E-state index in [4.69, 9.17) is 5.26 Å². The molecule has 1 aromatic rings. The maximum absolute atomic E-state index is 8.76. The Labute approximate surface area is 108 Å². The van der Waals surface area contributed by atoms with Crippen LogP contribution in [0.5, 0.6) is 0 Å². The molecular weight excluding hydrogens is 228 g/mol. The van der Waals surface area contributed by atoms with E-state index in [2.05, 4.69) is 55.8 Å². The quantitative estimate of drug-likeness (QED) is 0.813. The van der Waals surface area contributed by atoms with E-state index in [1.807, 2.05) is 6.92 Å². The summed E-state index contributed by atoms with van der Waals surface area (Å²) in [5.74, 6) is 0. The zero-order valence-corrected chi connectivity index (χ0v) is 11.8. The fourth-order valence-electron chi connectivity index (χ4n) is 1.60. The van der Waals surface area contributed by atoms with Crippen molar-refractivity contribution >= 4 is 11.8 Å². The smallest absolute Gasteiger partial charge is 0.0924 e. The van der Waals surface area contributed by atoms with Crippen molar-refractivity contribution in [2.75, 3.05) is 12.8 Å². The molecule has 1 rings (SSSR count). The lowest BCUT2D eigenvalue weighted by Gasteiger charge is -2.26. The third-order valence-electron chi connectivity index (χ3n) is 2.92. The second-order valence-corrected chi connectivity index (χ2v) is 5.72. The van der Waals surface area contributed by atoms with Crippen molar-refractivity contribution in [1.82, 2.24) is 5.32 Å². The average Bonchev–Trinajstić information content (AvgIpc) is 2.36. The summed E-state index contributed by atoms with van der Waals surface area (Å²) in [6.45, 7) is 7.07. The van der Waals surface area contributed by atoms with Gasteiger partial charge in [0.1, 0.15) is 0 Å². The Morgan fingerprint density at radius 2 is 1.94 bits per heavy atom. The molecule has 1 unspecified atom stereocenters. The van der Waals surface area contributed by atoms with E-state index in [-0.39, 0.29) is 11.5 Å². The molecule has 92 valence electrons. The summed E-state index contributed by atoms with van der Waals surface area (Å²) in [6, 6.07) is 10.7. The molecular formula is C14H20N2S. The molecule has 0 bridgehead atoms. The minimum atomic E-state index is -0.0975. The van der Waals surface area contributed by atoms with Crippen LogP contribution >= 0.6 is 11.8 Å². The molecule has 2 nitrogen and oxygen atoms in total. The monoisotopic (exact) mass is 248 g/mol. The zero-order valence-electron chi connectivity index (χ0n) is 10.9. The van der Waals surface area contributed by atoms with Gasteiger partial charge in [0.15, 0.2) is 0 Å². The van der Waals surface area contributed by atoms with Gasteiger partial charge < -0.3 is 5.32 Å². The molecule has 0 aliphatic heterocycles. The molecule has 17 heavy (non-hydrogen) atoms. The van der Waals surface area contributed by atoms with Gasteiger partial charge in [-0.05, 0) is 30.9 Å². The number of hydrogen-bond donors (Lipinski definition) is 1. The fraction of sp³-hybridized carbons (Fsp3) is 0.500. The van der Waals surface area contributed by atoms with Gasteiger partial charge in [0.05, 0.1) is 12.1 Å². The summed E-state index contributed by atoms with van der Waals surface area (Å²) in [5, 5.41) is 12.0. The van der Waals surface area contributed by atoms with Gasteiger partial charge in [-0.25, -0.2) is 0 Å². The van der Waals surface area contributed by atoms with Gasteiger partial charge in [0.2, 0.25) is 0 Å². The first-order valence-corrected chi connectivity index (χ1v) is 6.99. The predicted molar refractivity (Wildman–Crippen MR) is 74.3 cm³/mol. The van der Waals surface area contributed by atoms with Crippen LogP contribution in [0.3, 0.4) is 0 Å².